The molecule has 4 nitrogen and oxygen atoms in total. The maximum atomic E-state index is 12.3. The van der Waals surface area contributed by atoms with E-state index in [0.29, 0.717) is 4.90 Å². The molecule has 0 spiro atoms. The molecular weight excluding hydrogens is 304 g/mol. The molecule has 0 amide bonds. The maximum Gasteiger partial charge on any atom is 0.240 e. The van der Waals surface area contributed by atoms with Crippen molar-refractivity contribution in [2.24, 2.45) is 0 Å². The van der Waals surface area contributed by atoms with E-state index < -0.39 is 10.0 Å². The first-order valence-corrected chi connectivity index (χ1v) is 10.0. The van der Waals surface area contributed by atoms with Crippen LogP contribution in [0, 0.1) is 0 Å². The van der Waals surface area contributed by atoms with Gasteiger partial charge in [-0.2, -0.15) is 11.8 Å². The molecule has 0 aromatic heterocycles. The molecule has 0 saturated heterocycles. The molecule has 0 saturated carbocycles. The van der Waals surface area contributed by atoms with Gasteiger partial charge in [-0.05, 0) is 49.1 Å². The van der Waals surface area contributed by atoms with Gasteiger partial charge in [-0.15, -0.1) is 0 Å². The van der Waals surface area contributed by atoms with Crippen LogP contribution < -0.4 is 10.0 Å². The monoisotopic (exact) mass is 330 g/mol. The summed E-state index contributed by atoms with van der Waals surface area (Å²) in [6.45, 7) is 7.71. The molecule has 1 unspecified atom stereocenters. The highest BCUT2D eigenvalue weighted by Crippen LogP contribution is 2.12. The first kappa shape index (κ1) is 18.5. The van der Waals surface area contributed by atoms with E-state index in [9.17, 15) is 8.42 Å². The Bertz CT molecular complexity index is 501. The molecule has 0 bridgehead atoms. The van der Waals surface area contributed by atoms with Crippen LogP contribution in [0.15, 0.2) is 29.2 Å². The van der Waals surface area contributed by atoms with Crippen LogP contribution >= 0.6 is 11.8 Å². The second kappa shape index (κ2) is 9.46. The van der Waals surface area contributed by atoms with Gasteiger partial charge < -0.3 is 5.32 Å². The molecule has 0 aliphatic heterocycles. The van der Waals surface area contributed by atoms with Crippen LogP contribution in [0.2, 0.25) is 0 Å². The number of nitrogens with one attached hydrogen (secondary N) is 2. The van der Waals surface area contributed by atoms with Gasteiger partial charge in [-0.3, -0.25) is 0 Å². The lowest BCUT2D eigenvalue weighted by molar-refractivity contribution is 0.557. The van der Waals surface area contributed by atoms with Crippen molar-refractivity contribution in [3.8, 4) is 0 Å². The van der Waals surface area contributed by atoms with Gasteiger partial charge >= 0.3 is 0 Å². The first-order valence-electron chi connectivity index (χ1n) is 7.39. The normalized spacial score (nSPS) is 13.3. The smallest absolute Gasteiger partial charge is 0.240 e. The van der Waals surface area contributed by atoms with Crippen LogP contribution in [0.25, 0.3) is 0 Å². The van der Waals surface area contributed by atoms with Crippen LogP contribution in [0.4, 0.5) is 0 Å². The average molecular weight is 331 g/mol. The molecular formula is C15H26N2O2S2. The topological polar surface area (TPSA) is 58.2 Å². The van der Waals surface area contributed by atoms with E-state index in [4.69, 9.17) is 0 Å². The second-order valence-electron chi connectivity index (χ2n) is 4.93. The summed E-state index contributed by atoms with van der Waals surface area (Å²) in [5.41, 5.74) is 1.09. The van der Waals surface area contributed by atoms with E-state index in [1.807, 2.05) is 37.7 Å². The highest BCUT2D eigenvalue weighted by Gasteiger charge is 2.16. The fraction of sp³-hybridized carbons (Fsp3) is 0.600. The highest BCUT2D eigenvalue weighted by atomic mass is 32.2. The fourth-order valence-corrected chi connectivity index (χ4v) is 3.94. The van der Waals surface area contributed by atoms with E-state index in [2.05, 4.69) is 17.0 Å². The van der Waals surface area contributed by atoms with Crippen LogP contribution in [0.3, 0.4) is 0 Å². The lowest BCUT2D eigenvalue weighted by Crippen LogP contribution is -2.33. The third-order valence-electron chi connectivity index (χ3n) is 3.07. The maximum absolute atomic E-state index is 12.3. The summed E-state index contributed by atoms with van der Waals surface area (Å²) in [5, 5.41) is 3.22. The van der Waals surface area contributed by atoms with Gasteiger partial charge in [0.25, 0.3) is 0 Å². The molecule has 0 heterocycles. The second-order valence-corrected chi connectivity index (χ2v) is 8.04. The third-order valence-corrected chi connectivity index (χ3v) is 5.61. The van der Waals surface area contributed by atoms with Crippen molar-refractivity contribution < 1.29 is 8.42 Å². The van der Waals surface area contributed by atoms with Crippen molar-refractivity contribution in [3.63, 3.8) is 0 Å². The predicted molar refractivity (Wildman–Crippen MR) is 91.2 cm³/mol. The zero-order valence-electron chi connectivity index (χ0n) is 13.1. The molecule has 120 valence electrons. The minimum absolute atomic E-state index is 0.0458. The SMILES string of the molecule is CCNCc1ccc(S(=O)(=O)NC(C)CCSCC)cc1. The Morgan fingerprint density at radius 2 is 1.86 bits per heavy atom. The lowest BCUT2D eigenvalue weighted by Gasteiger charge is -2.14. The Morgan fingerprint density at radius 3 is 2.43 bits per heavy atom. The number of hydrogen-bond donors (Lipinski definition) is 2. The zero-order chi connectivity index (χ0) is 15.7. The average Bonchev–Trinajstić information content (AvgIpc) is 2.45. The first-order chi connectivity index (χ1) is 9.99. The van der Waals surface area contributed by atoms with E-state index >= 15 is 0 Å². The van der Waals surface area contributed by atoms with Gasteiger partial charge in [0.2, 0.25) is 10.0 Å². The van der Waals surface area contributed by atoms with Gasteiger partial charge in [-0.25, -0.2) is 13.1 Å². The number of rotatable bonds is 10. The van der Waals surface area contributed by atoms with Crippen molar-refractivity contribution in [3.05, 3.63) is 29.8 Å². The summed E-state index contributed by atoms with van der Waals surface area (Å²) < 4.78 is 27.3. The highest BCUT2D eigenvalue weighted by molar-refractivity contribution is 7.99. The van der Waals surface area contributed by atoms with E-state index in [1.165, 1.54) is 0 Å². The van der Waals surface area contributed by atoms with Crippen LogP contribution in [-0.4, -0.2) is 32.5 Å². The lowest BCUT2D eigenvalue weighted by atomic mass is 10.2. The van der Waals surface area contributed by atoms with E-state index in [0.717, 1.165) is 36.6 Å². The third kappa shape index (κ3) is 6.82. The molecule has 6 heteroatoms. The summed E-state index contributed by atoms with van der Waals surface area (Å²) in [6, 6.07) is 7.00. The van der Waals surface area contributed by atoms with Crippen molar-refractivity contribution in [1.29, 1.82) is 0 Å². The number of hydrogen-bond acceptors (Lipinski definition) is 4. The molecule has 1 aromatic carbocycles. The van der Waals surface area contributed by atoms with E-state index in [-0.39, 0.29) is 6.04 Å². The van der Waals surface area contributed by atoms with Crippen LogP contribution in [0.5, 0.6) is 0 Å². The molecule has 2 N–H and O–H groups in total. The Balaban J connectivity index is 2.61. The Labute approximate surface area is 133 Å². The Hall–Kier alpha value is -0.560. The predicted octanol–water partition coefficient (Wildman–Crippen LogP) is 2.61. The van der Waals surface area contributed by atoms with Gasteiger partial charge in [0.1, 0.15) is 0 Å². The van der Waals surface area contributed by atoms with Gasteiger partial charge in [0, 0.05) is 12.6 Å². The Morgan fingerprint density at radius 1 is 1.19 bits per heavy atom. The number of sulfonamides is 1. The van der Waals surface area contributed by atoms with Gasteiger partial charge in [0.05, 0.1) is 4.90 Å². The molecule has 1 rings (SSSR count). The van der Waals surface area contributed by atoms with Crippen molar-refractivity contribution in [1.82, 2.24) is 10.0 Å². The summed E-state index contributed by atoms with van der Waals surface area (Å²) >= 11 is 1.83. The van der Waals surface area contributed by atoms with Crippen molar-refractivity contribution in [2.45, 2.75) is 44.7 Å². The quantitative estimate of drug-likeness (QED) is 0.648. The fourth-order valence-electron chi connectivity index (χ4n) is 1.85. The summed E-state index contributed by atoms with van der Waals surface area (Å²) in [4.78, 5) is 0.331. The Kier molecular flexibility index (Phi) is 8.33. The molecule has 0 aliphatic rings. The molecule has 0 fully saturated rings. The number of benzene rings is 1. The summed E-state index contributed by atoms with van der Waals surface area (Å²) in [6.07, 6.45) is 0.843. The van der Waals surface area contributed by atoms with Gasteiger partial charge in [-0.1, -0.05) is 26.0 Å². The largest absolute Gasteiger partial charge is 0.313 e. The standard InChI is InChI=1S/C15H26N2O2S2/c1-4-16-12-14-6-8-15(9-7-14)21(18,19)17-13(3)10-11-20-5-2/h6-9,13,16-17H,4-5,10-12H2,1-3H3. The molecule has 0 aliphatic carbocycles. The number of thioether (sulfide) groups is 1. The van der Waals surface area contributed by atoms with E-state index in [1.54, 1.807) is 12.1 Å². The van der Waals surface area contributed by atoms with Crippen LogP contribution in [0.1, 0.15) is 32.8 Å². The minimum Gasteiger partial charge on any atom is -0.313 e. The summed E-state index contributed by atoms with van der Waals surface area (Å²) in [5.74, 6) is 2.04. The summed E-state index contributed by atoms with van der Waals surface area (Å²) in [7, 11) is -3.41. The van der Waals surface area contributed by atoms with Gasteiger partial charge in [0.15, 0.2) is 0 Å². The minimum atomic E-state index is -3.41. The molecule has 1 atom stereocenters. The van der Waals surface area contributed by atoms with Crippen molar-refractivity contribution >= 4 is 21.8 Å². The molecule has 21 heavy (non-hydrogen) atoms. The molecule has 0 radical (unpaired) electrons. The van der Waals surface area contributed by atoms with Crippen LogP contribution in [-0.2, 0) is 16.6 Å². The molecule has 1 aromatic rings. The van der Waals surface area contributed by atoms with Crippen molar-refractivity contribution in [2.75, 3.05) is 18.1 Å². The zero-order valence-corrected chi connectivity index (χ0v) is 14.7.